The monoisotopic (exact) mass is 200 g/mol. The molecule has 1 N–H and O–H groups in total. The van der Waals surface area contributed by atoms with E-state index in [2.05, 4.69) is 48.1 Å². The molecule has 2 aromatic rings. The van der Waals surface area contributed by atoms with Gasteiger partial charge in [-0.15, -0.1) is 0 Å². The molecule has 3 rings (SSSR count). The summed E-state index contributed by atoms with van der Waals surface area (Å²) < 4.78 is 2.33. The first-order chi connectivity index (χ1) is 7.29. The van der Waals surface area contributed by atoms with E-state index >= 15 is 0 Å². The maximum Gasteiger partial charge on any atom is 0.0483 e. The van der Waals surface area contributed by atoms with Gasteiger partial charge in [0.05, 0.1) is 0 Å². The van der Waals surface area contributed by atoms with Crippen molar-refractivity contribution < 1.29 is 0 Å². The molecular weight excluding hydrogens is 184 g/mol. The lowest BCUT2D eigenvalue weighted by Crippen LogP contribution is -2.28. The zero-order valence-electron chi connectivity index (χ0n) is 9.25. The first kappa shape index (κ1) is 8.98. The van der Waals surface area contributed by atoms with Gasteiger partial charge in [0, 0.05) is 29.7 Å². The van der Waals surface area contributed by atoms with Crippen LogP contribution < -0.4 is 5.32 Å². The Morgan fingerprint density at radius 1 is 1.33 bits per heavy atom. The molecule has 2 nitrogen and oxygen atoms in total. The van der Waals surface area contributed by atoms with E-state index in [1.807, 2.05) is 0 Å². The number of nitrogens with zero attached hydrogens (tertiary/aromatic N) is 1. The first-order valence-electron chi connectivity index (χ1n) is 5.58. The summed E-state index contributed by atoms with van der Waals surface area (Å²) in [4.78, 5) is 0. The highest BCUT2D eigenvalue weighted by Gasteiger charge is 2.22. The number of hydrogen-bond acceptors (Lipinski definition) is 1. The third-order valence-electron chi connectivity index (χ3n) is 3.50. The normalized spacial score (nSPS) is 20.5. The third kappa shape index (κ3) is 1.15. The highest BCUT2D eigenvalue weighted by molar-refractivity contribution is 5.86. The lowest BCUT2D eigenvalue weighted by molar-refractivity contribution is 0.515. The molecule has 1 aliphatic rings. The summed E-state index contributed by atoms with van der Waals surface area (Å²) in [5.41, 5.74) is 4.36. The standard InChI is InChI=1S/C13H16N2/c1-9-13-11(7-8-14-9)10-5-3-4-6-12(10)15(13)2/h3-6,9,14H,7-8H2,1-2H3. The van der Waals surface area contributed by atoms with Gasteiger partial charge < -0.3 is 9.88 Å². The van der Waals surface area contributed by atoms with Crippen molar-refractivity contribution in [2.24, 2.45) is 7.05 Å². The smallest absolute Gasteiger partial charge is 0.0483 e. The average Bonchev–Trinajstić information content (AvgIpc) is 2.55. The minimum absolute atomic E-state index is 0.478. The minimum Gasteiger partial charge on any atom is -0.346 e. The van der Waals surface area contributed by atoms with Gasteiger partial charge in [0.25, 0.3) is 0 Å². The molecule has 1 unspecified atom stereocenters. The minimum atomic E-state index is 0.478. The van der Waals surface area contributed by atoms with Gasteiger partial charge in [-0.05, 0) is 31.5 Å². The van der Waals surface area contributed by atoms with Crippen LogP contribution in [0.4, 0.5) is 0 Å². The molecule has 78 valence electrons. The van der Waals surface area contributed by atoms with Gasteiger partial charge in [-0.2, -0.15) is 0 Å². The molecule has 1 aromatic carbocycles. The van der Waals surface area contributed by atoms with Crippen molar-refractivity contribution >= 4 is 10.9 Å². The molecule has 1 aromatic heterocycles. The van der Waals surface area contributed by atoms with Gasteiger partial charge in [0.15, 0.2) is 0 Å². The second kappa shape index (κ2) is 3.11. The lowest BCUT2D eigenvalue weighted by Gasteiger charge is -2.22. The van der Waals surface area contributed by atoms with Crippen molar-refractivity contribution in [2.45, 2.75) is 19.4 Å². The number of benzene rings is 1. The average molecular weight is 200 g/mol. The molecule has 1 aliphatic heterocycles. The second-order valence-electron chi connectivity index (χ2n) is 4.37. The Bertz CT molecular complexity index is 510. The van der Waals surface area contributed by atoms with Crippen molar-refractivity contribution in [1.29, 1.82) is 0 Å². The number of fused-ring (bicyclic) bond motifs is 3. The van der Waals surface area contributed by atoms with E-state index in [0.29, 0.717) is 6.04 Å². The quantitative estimate of drug-likeness (QED) is 0.691. The Labute approximate surface area is 89.9 Å². The summed E-state index contributed by atoms with van der Waals surface area (Å²) in [7, 11) is 2.17. The predicted molar refractivity (Wildman–Crippen MR) is 63.0 cm³/mol. The molecule has 0 aliphatic carbocycles. The van der Waals surface area contributed by atoms with Crippen molar-refractivity contribution in [3.8, 4) is 0 Å². The fourth-order valence-electron chi connectivity index (χ4n) is 2.82. The highest BCUT2D eigenvalue weighted by atomic mass is 15.0. The van der Waals surface area contributed by atoms with Gasteiger partial charge in [0.1, 0.15) is 0 Å². The zero-order valence-corrected chi connectivity index (χ0v) is 9.25. The Kier molecular flexibility index (Phi) is 1.86. The van der Waals surface area contributed by atoms with Crippen molar-refractivity contribution in [1.82, 2.24) is 9.88 Å². The molecule has 15 heavy (non-hydrogen) atoms. The number of rotatable bonds is 0. The van der Waals surface area contributed by atoms with Crippen LogP contribution in [0.15, 0.2) is 24.3 Å². The van der Waals surface area contributed by atoms with Crippen LogP contribution in [-0.2, 0) is 13.5 Å². The first-order valence-corrected chi connectivity index (χ1v) is 5.58. The van der Waals surface area contributed by atoms with Gasteiger partial charge in [-0.1, -0.05) is 18.2 Å². The van der Waals surface area contributed by atoms with Gasteiger partial charge >= 0.3 is 0 Å². The van der Waals surface area contributed by atoms with Crippen molar-refractivity contribution in [3.05, 3.63) is 35.5 Å². The van der Waals surface area contributed by atoms with E-state index in [1.54, 1.807) is 5.56 Å². The van der Waals surface area contributed by atoms with Crippen LogP contribution in [-0.4, -0.2) is 11.1 Å². The fraction of sp³-hybridized carbons (Fsp3) is 0.385. The van der Waals surface area contributed by atoms with Crippen LogP contribution in [0.25, 0.3) is 10.9 Å². The maximum atomic E-state index is 3.52. The Morgan fingerprint density at radius 3 is 3.00 bits per heavy atom. The van der Waals surface area contributed by atoms with Gasteiger partial charge in [0.2, 0.25) is 0 Å². The van der Waals surface area contributed by atoms with Gasteiger partial charge in [-0.25, -0.2) is 0 Å². The molecule has 2 heteroatoms. The molecule has 1 atom stereocenters. The number of aryl methyl sites for hydroxylation is 1. The molecule has 0 fully saturated rings. The number of nitrogens with one attached hydrogen (secondary N) is 1. The van der Waals surface area contributed by atoms with E-state index in [9.17, 15) is 0 Å². The van der Waals surface area contributed by atoms with E-state index < -0.39 is 0 Å². The molecule has 0 bridgehead atoms. The SMILES string of the molecule is CC1NCCc2c1n(C)c1ccccc21. The van der Waals surface area contributed by atoms with E-state index in [-0.39, 0.29) is 0 Å². The molecule has 0 spiro atoms. The Morgan fingerprint density at radius 2 is 2.13 bits per heavy atom. The van der Waals surface area contributed by atoms with Crippen LogP contribution in [0.1, 0.15) is 24.2 Å². The van der Waals surface area contributed by atoms with E-state index in [0.717, 1.165) is 13.0 Å². The molecular formula is C13H16N2. The van der Waals surface area contributed by atoms with Crippen LogP contribution in [0, 0.1) is 0 Å². The Balaban J connectivity index is 2.40. The highest BCUT2D eigenvalue weighted by Crippen LogP contribution is 2.31. The zero-order chi connectivity index (χ0) is 10.4. The fourth-order valence-corrected chi connectivity index (χ4v) is 2.82. The number of aromatic nitrogens is 1. The molecule has 0 radical (unpaired) electrons. The topological polar surface area (TPSA) is 17.0 Å². The summed E-state index contributed by atoms with van der Waals surface area (Å²) in [5, 5.41) is 4.95. The summed E-state index contributed by atoms with van der Waals surface area (Å²) >= 11 is 0. The lowest BCUT2D eigenvalue weighted by atomic mass is 10.0. The largest absolute Gasteiger partial charge is 0.346 e. The van der Waals surface area contributed by atoms with Crippen molar-refractivity contribution in [2.75, 3.05) is 6.54 Å². The molecule has 0 saturated carbocycles. The van der Waals surface area contributed by atoms with Crippen molar-refractivity contribution in [3.63, 3.8) is 0 Å². The molecule has 0 amide bonds. The molecule has 2 heterocycles. The summed E-state index contributed by atoms with van der Waals surface area (Å²) in [5.74, 6) is 0. The van der Waals surface area contributed by atoms with E-state index in [1.165, 1.54) is 16.6 Å². The predicted octanol–water partition coefficient (Wildman–Crippen LogP) is 2.39. The Hall–Kier alpha value is -1.28. The second-order valence-corrected chi connectivity index (χ2v) is 4.37. The van der Waals surface area contributed by atoms with Crippen LogP contribution in [0.5, 0.6) is 0 Å². The summed E-state index contributed by atoms with van der Waals surface area (Å²) in [6, 6.07) is 9.18. The van der Waals surface area contributed by atoms with Crippen LogP contribution in [0.2, 0.25) is 0 Å². The summed E-state index contributed by atoms with van der Waals surface area (Å²) in [6.07, 6.45) is 1.15. The van der Waals surface area contributed by atoms with Crippen LogP contribution in [0.3, 0.4) is 0 Å². The summed E-state index contributed by atoms with van der Waals surface area (Å²) in [6.45, 7) is 3.35. The third-order valence-corrected chi connectivity index (χ3v) is 3.50. The number of hydrogen-bond donors (Lipinski definition) is 1. The van der Waals surface area contributed by atoms with E-state index in [4.69, 9.17) is 0 Å². The maximum absolute atomic E-state index is 3.52. The van der Waals surface area contributed by atoms with Gasteiger partial charge in [-0.3, -0.25) is 0 Å². The number of para-hydroxylation sites is 1. The molecule has 0 saturated heterocycles. The van der Waals surface area contributed by atoms with Crippen LogP contribution >= 0.6 is 0 Å².